The van der Waals surface area contributed by atoms with Gasteiger partial charge in [0.15, 0.2) is 0 Å². The van der Waals surface area contributed by atoms with E-state index in [-0.39, 0.29) is 11.9 Å². The third-order valence-corrected chi connectivity index (χ3v) is 4.53. The Morgan fingerprint density at radius 3 is 2.25 bits per heavy atom. The first-order valence-electron chi connectivity index (χ1n) is 9.73. The Morgan fingerprint density at radius 2 is 1.68 bits per heavy atom. The van der Waals surface area contributed by atoms with Crippen molar-refractivity contribution in [2.75, 3.05) is 5.32 Å². The van der Waals surface area contributed by atoms with Gasteiger partial charge in [-0.2, -0.15) is 0 Å². The zero-order valence-electron chi connectivity index (χ0n) is 16.7. The average Bonchev–Trinajstić information content (AvgIpc) is 3.45. The smallest absolute Gasteiger partial charge is 0.412 e. The third kappa shape index (κ3) is 6.12. The lowest BCUT2D eigenvalue weighted by molar-refractivity contribution is -0.121. The van der Waals surface area contributed by atoms with Crippen LogP contribution < -0.4 is 10.6 Å². The molecule has 1 unspecified atom stereocenters. The van der Waals surface area contributed by atoms with E-state index >= 15 is 0 Å². The molecule has 2 aromatic rings. The topological polar surface area (TPSA) is 67.4 Å². The van der Waals surface area contributed by atoms with Gasteiger partial charge in [0.25, 0.3) is 0 Å². The maximum absolute atomic E-state index is 12.5. The van der Waals surface area contributed by atoms with Crippen LogP contribution in [0.2, 0.25) is 0 Å². The predicted octanol–water partition coefficient (Wildman–Crippen LogP) is 4.84. The molecule has 0 spiro atoms. The van der Waals surface area contributed by atoms with Crippen LogP contribution in [0.3, 0.4) is 0 Å². The van der Waals surface area contributed by atoms with E-state index in [9.17, 15) is 9.59 Å². The predicted molar refractivity (Wildman–Crippen MR) is 110 cm³/mol. The highest BCUT2D eigenvalue weighted by Crippen LogP contribution is 2.40. The molecule has 148 valence electrons. The van der Waals surface area contributed by atoms with Crippen molar-refractivity contribution >= 4 is 17.7 Å². The molecular weight excluding hydrogens is 352 g/mol. The monoisotopic (exact) mass is 380 g/mol. The molecule has 28 heavy (non-hydrogen) atoms. The number of hydrogen-bond acceptors (Lipinski definition) is 3. The summed E-state index contributed by atoms with van der Waals surface area (Å²) in [6.07, 6.45) is 2.13. The van der Waals surface area contributed by atoms with Gasteiger partial charge in [0.05, 0.1) is 12.5 Å². The fraction of sp³-hybridized carbons (Fsp3) is 0.391. The summed E-state index contributed by atoms with van der Waals surface area (Å²) in [5, 5.41) is 5.88. The Morgan fingerprint density at radius 1 is 1.04 bits per heavy atom. The van der Waals surface area contributed by atoms with Crippen molar-refractivity contribution in [2.24, 2.45) is 5.92 Å². The van der Waals surface area contributed by atoms with Crippen LogP contribution in [-0.2, 0) is 16.0 Å². The summed E-state index contributed by atoms with van der Waals surface area (Å²) in [5.41, 5.74) is 2.16. The lowest BCUT2D eigenvalue weighted by Gasteiger charge is -2.20. The molecule has 0 heterocycles. The van der Waals surface area contributed by atoms with Crippen molar-refractivity contribution in [3.8, 4) is 0 Å². The highest BCUT2D eigenvalue weighted by Gasteiger charge is 2.33. The van der Waals surface area contributed by atoms with E-state index in [0.717, 1.165) is 24.0 Å². The van der Waals surface area contributed by atoms with E-state index in [2.05, 4.69) is 22.8 Å². The van der Waals surface area contributed by atoms with Gasteiger partial charge in [0, 0.05) is 5.69 Å². The van der Waals surface area contributed by atoms with Crippen LogP contribution in [-0.4, -0.2) is 17.6 Å². The van der Waals surface area contributed by atoms with Crippen molar-refractivity contribution < 1.29 is 14.3 Å². The molecule has 0 aromatic heterocycles. The number of carbonyl (C=O) groups excluding carboxylic acids is 2. The zero-order valence-corrected chi connectivity index (χ0v) is 16.7. The molecule has 2 aromatic carbocycles. The summed E-state index contributed by atoms with van der Waals surface area (Å²) in [5.74, 6) is 0.542. The second-order valence-electron chi connectivity index (χ2n) is 8.29. The quantitative estimate of drug-likeness (QED) is 0.753. The maximum atomic E-state index is 12.5. The molecule has 2 N–H and O–H groups in total. The minimum Gasteiger partial charge on any atom is -0.444 e. The summed E-state index contributed by atoms with van der Waals surface area (Å²) < 4.78 is 5.24. The van der Waals surface area contributed by atoms with Crippen LogP contribution in [0.15, 0.2) is 54.6 Å². The van der Waals surface area contributed by atoms with Gasteiger partial charge < -0.3 is 10.1 Å². The van der Waals surface area contributed by atoms with Gasteiger partial charge in [-0.3, -0.25) is 10.1 Å². The fourth-order valence-corrected chi connectivity index (χ4v) is 3.10. The van der Waals surface area contributed by atoms with Crippen LogP contribution in [0, 0.1) is 5.92 Å². The molecule has 5 heteroatoms. The fourth-order valence-electron chi connectivity index (χ4n) is 3.10. The minimum absolute atomic E-state index is 0.00797. The SMILES string of the molecule is CC(C)(C)OC(=O)Nc1ccc(CC(=O)NC(c2ccccc2)C2CC2)cc1. The number of hydrogen-bond donors (Lipinski definition) is 2. The molecule has 3 rings (SSSR count). The Hall–Kier alpha value is -2.82. The number of anilines is 1. The number of carbonyl (C=O) groups is 2. The number of benzene rings is 2. The van der Waals surface area contributed by atoms with E-state index in [0.29, 0.717) is 18.0 Å². The van der Waals surface area contributed by atoms with Crippen molar-refractivity contribution in [1.82, 2.24) is 5.32 Å². The van der Waals surface area contributed by atoms with Gasteiger partial charge in [0.2, 0.25) is 5.91 Å². The molecule has 1 saturated carbocycles. The zero-order chi connectivity index (χ0) is 20.1. The van der Waals surface area contributed by atoms with Gasteiger partial charge in [-0.25, -0.2) is 4.79 Å². The van der Waals surface area contributed by atoms with Gasteiger partial charge in [-0.05, 0) is 62.8 Å². The van der Waals surface area contributed by atoms with Crippen molar-refractivity contribution in [3.63, 3.8) is 0 Å². The second kappa shape index (κ2) is 8.46. The summed E-state index contributed by atoms with van der Waals surface area (Å²) in [6, 6.07) is 17.5. The normalized spacial score (nSPS) is 14.8. The highest BCUT2D eigenvalue weighted by molar-refractivity contribution is 5.85. The maximum Gasteiger partial charge on any atom is 0.412 e. The van der Waals surface area contributed by atoms with Gasteiger partial charge in [-0.1, -0.05) is 42.5 Å². The van der Waals surface area contributed by atoms with Crippen LogP contribution >= 0.6 is 0 Å². The van der Waals surface area contributed by atoms with E-state index in [4.69, 9.17) is 4.74 Å². The van der Waals surface area contributed by atoms with Crippen LogP contribution in [0.4, 0.5) is 10.5 Å². The molecule has 0 radical (unpaired) electrons. The molecule has 5 nitrogen and oxygen atoms in total. The Balaban J connectivity index is 1.55. The van der Waals surface area contributed by atoms with Crippen LogP contribution in [0.25, 0.3) is 0 Å². The van der Waals surface area contributed by atoms with Crippen molar-refractivity contribution in [3.05, 3.63) is 65.7 Å². The first-order valence-corrected chi connectivity index (χ1v) is 9.73. The standard InChI is InChI=1S/C23H28N2O3/c1-23(2,3)28-22(27)24-19-13-9-16(10-14-19)15-20(26)25-21(18-11-12-18)17-7-5-4-6-8-17/h4-10,13-14,18,21H,11-12,15H2,1-3H3,(H,24,27)(H,25,26). The van der Waals surface area contributed by atoms with Gasteiger partial charge in [-0.15, -0.1) is 0 Å². The lowest BCUT2D eigenvalue weighted by Crippen LogP contribution is -2.31. The molecule has 0 bridgehead atoms. The van der Waals surface area contributed by atoms with Gasteiger partial charge >= 0.3 is 6.09 Å². The Kier molecular flexibility index (Phi) is 6.02. The van der Waals surface area contributed by atoms with Crippen molar-refractivity contribution in [1.29, 1.82) is 0 Å². The number of rotatable bonds is 6. The largest absolute Gasteiger partial charge is 0.444 e. The van der Waals surface area contributed by atoms with E-state index in [1.54, 1.807) is 12.1 Å². The van der Waals surface area contributed by atoms with E-state index < -0.39 is 11.7 Å². The molecular formula is C23H28N2O3. The highest BCUT2D eigenvalue weighted by atomic mass is 16.6. The summed E-state index contributed by atoms with van der Waals surface area (Å²) in [7, 11) is 0. The number of ether oxygens (including phenoxy) is 1. The molecule has 1 aliphatic carbocycles. The Labute approximate surface area is 166 Å². The number of amides is 2. The van der Waals surface area contributed by atoms with Crippen LogP contribution in [0.1, 0.15) is 50.8 Å². The second-order valence-corrected chi connectivity index (χ2v) is 8.29. The average molecular weight is 380 g/mol. The first-order chi connectivity index (χ1) is 13.3. The lowest BCUT2D eigenvalue weighted by atomic mass is 10.0. The molecule has 1 fully saturated rings. The van der Waals surface area contributed by atoms with E-state index in [1.165, 1.54) is 0 Å². The molecule has 2 amide bonds. The summed E-state index contributed by atoms with van der Waals surface area (Å²) in [4.78, 5) is 24.4. The third-order valence-electron chi connectivity index (χ3n) is 4.53. The number of nitrogens with one attached hydrogen (secondary N) is 2. The first kappa shape index (κ1) is 19.9. The molecule has 1 atom stereocenters. The van der Waals surface area contributed by atoms with Crippen LogP contribution in [0.5, 0.6) is 0 Å². The minimum atomic E-state index is -0.543. The summed E-state index contributed by atoms with van der Waals surface area (Å²) in [6.45, 7) is 5.45. The van der Waals surface area contributed by atoms with E-state index in [1.807, 2.05) is 51.1 Å². The van der Waals surface area contributed by atoms with Gasteiger partial charge in [0.1, 0.15) is 5.60 Å². The molecule has 0 saturated heterocycles. The Bertz CT molecular complexity index is 806. The molecule has 1 aliphatic rings. The van der Waals surface area contributed by atoms with Crippen molar-refractivity contribution in [2.45, 2.75) is 51.7 Å². The summed E-state index contributed by atoms with van der Waals surface area (Å²) >= 11 is 0. The molecule has 0 aliphatic heterocycles.